The largest absolute Gasteiger partial charge is 0.497 e. The van der Waals surface area contributed by atoms with E-state index in [1.54, 1.807) is 6.07 Å². The van der Waals surface area contributed by atoms with Gasteiger partial charge in [0.05, 0.1) is 23.7 Å². The zero-order valence-electron chi connectivity index (χ0n) is 14.8. The fourth-order valence-electron chi connectivity index (χ4n) is 2.99. The van der Waals surface area contributed by atoms with Gasteiger partial charge in [-0.25, -0.2) is 4.98 Å². The van der Waals surface area contributed by atoms with Crippen LogP contribution in [0.25, 0.3) is 0 Å². The van der Waals surface area contributed by atoms with E-state index in [0.717, 1.165) is 12.2 Å². The zero-order valence-corrected chi connectivity index (χ0v) is 15.6. The molecule has 1 aromatic carbocycles. The number of nitrogens with one attached hydrogen (secondary N) is 2. The molecule has 0 spiro atoms. The lowest BCUT2D eigenvalue weighted by atomic mass is 9.86. The van der Waals surface area contributed by atoms with Crippen molar-refractivity contribution in [3.8, 4) is 5.75 Å². The Labute approximate surface area is 158 Å². The number of aromatic amines is 1. The Hall–Kier alpha value is -2.88. The highest BCUT2D eigenvalue weighted by Gasteiger charge is 2.35. The quantitative estimate of drug-likeness (QED) is 0.336. The molecule has 0 saturated carbocycles. The standard InChI is InChI=1S/C17H18N4O5S/c1-3-6-27-17-19-15-14(16(23)20-17)11(8-13(22)18-15)10-5-4-9(26-2)7-12(10)21(24)25/h4-5,7,11H,3,6,8H2,1-2H3,(H2,18,19,20,22,23). The predicted molar refractivity (Wildman–Crippen MR) is 101 cm³/mol. The topological polar surface area (TPSA) is 127 Å². The fraction of sp³-hybridized carbons (Fsp3) is 0.353. The maximum absolute atomic E-state index is 12.7. The number of ether oxygens (including phenoxy) is 1. The molecule has 2 N–H and O–H groups in total. The molecule has 2 heterocycles. The monoisotopic (exact) mass is 390 g/mol. The molecule has 1 aliphatic heterocycles. The van der Waals surface area contributed by atoms with Crippen molar-refractivity contribution in [2.24, 2.45) is 0 Å². The second-order valence-electron chi connectivity index (χ2n) is 5.97. The summed E-state index contributed by atoms with van der Waals surface area (Å²) in [4.78, 5) is 42.9. The molecule has 142 valence electrons. The van der Waals surface area contributed by atoms with E-state index in [4.69, 9.17) is 4.74 Å². The Morgan fingerprint density at radius 1 is 1.41 bits per heavy atom. The van der Waals surface area contributed by atoms with Gasteiger partial charge >= 0.3 is 0 Å². The summed E-state index contributed by atoms with van der Waals surface area (Å²) in [6.45, 7) is 2.00. The molecule has 3 rings (SSSR count). The molecule has 1 amide bonds. The number of hydrogen-bond donors (Lipinski definition) is 2. The van der Waals surface area contributed by atoms with Gasteiger partial charge in [0.15, 0.2) is 5.16 Å². The third-order valence-corrected chi connectivity index (χ3v) is 5.26. The first-order valence-electron chi connectivity index (χ1n) is 8.33. The van der Waals surface area contributed by atoms with Crippen LogP contribution in [0, 0.1) is 10.1 Å². The minimum absolute atomic E-state index is 0.0770. The third-order valence-electron chi connectivity index (χ3n) is 4.18. The Bertz CT molecular complexity index is 959. The Morgan fingerprint density at radius 3 is 2.85 bits per heavy atom. The van der Waals surface area contributed by atoms with Crippen molar-refractivity contribution in [3.63, 3.8) is 0 Å². The smallest absolute Gasteiger partial charge is 0.276 e. The van der Waals surface area contributed by atoms with Crippen molar-refractivity contribution in [1.82, 2.24) is 9.97 Å². The number of nitro groups is 1. The highest BCUT2D eigenvalue weighted by molar-refractivity contribution is 7.99. The van der Waals surface area contributed by atoms with Crippen molar-refractivity contribution >= 4 is 29.2 Å². The first-order chi connectivity index (χ1) is 12.9. The van der Waals surface area contributed by atoms with E-state index < -0.39 is 16.4 Å². The number of fused-ring (bicyclic) bond motifs is 1. The van der Waals surface area contributed by atoms with Crippen molar-refractivity contribution in [1.29, 1.82) is 0 Å². The number of thioether (sulfide) groups is 1. The van der Waals surface area contributed by atoms with Gasteiger partial charge in [0.25, 0.3) is 11.2 Å². The van der Waals surface area contributed by atoms with Crippen molar-refractivity contribution in [2.75, 3.05) is 18.2 Å². The van der Waals surface area contributed by atoms with Crippen LogP contribution in [0.5, 0.6) is 5.75 Å². The van der Waals surface area contributed by atoms with Crippen LogP contribution in [0.2, 0.25) is 0 Å². The van der Waals surface area contributed by atoms with Gasteiger partial charge in [-0.3, -0.25) is 19.7 Å². The first kappa shape index (κ1) is 18.9. The second kappa shape index (κ2) is 7.78. The number of aromatic nitrogens is 2. The first-order valence-corrected chi connectivity index (χ1v) is 9.32. The lowest BCUT2D eigenvalue weighted by Crippen LogP contribution is -2.31. The van der Waals surface area contributed by atoms with E-state index in [0.29, 0.717) is 10.9 Å². The van der Waals surface area contributed by atoms with Crippen LogP contribution in [0.15, 0.2) is 28.2 Å². The summed E-state index contributed by atoms with van der Waals surface area (Å²) < 4.78 is 5.05. The Balaban J connectivity index is 2.13. The van der Waals surface area contributed by atoms with E-state index in [-0.39, 0.29) is 35.0 Å². The van der Waals surface area contributed by atoms with E-state index in [2.05, 4.69) is 15.3 Å². The summed E-state index contributed by atoms with van der Waals surface area (Å²) >= 11 is 1.38. The fourth-order valence-corrected chi connectivity index (χ4v) is 3.70. The molecular weight excluding hydrogens is 372 g/mol. The number of carbonyl (C=O) groups excluding carboxylic acids is 1. The zero-order chi connectivity index (χ0) is 19.6. The third kappa shape index (κ3) is 3.80. The van der Waals surface area contributed by atoms with Gasteiger partial charge in [-0.2, -0.15) is 0 Å². The van der Waals surface area contributed by atoms with E-state index in [9.17, 15) is 19.7 Å². The number of carbonyl (C=O) groups is 1. The van der Waals surface area contributed by atoms with Crippen LogP contribution in [0.3, 0.4) is 0 Å². The number of nitrogens with zero attached hydrogens (tertiary/aromatic N) is 2. The van der Waals surface area contributed by atoms with Crippen molar-refractivity contribution in [3.05, 3.63) is 49.8 Å². The molecule has 10 heteroatoms. The normalized spacial score (nSPS) is 15.8. The van der Waals surface area contributed by atoms with Crippen molar-refractivity contribution in [2.45, 2.75) is 30.8 Å². The number of anilines is 1. The summed E-state index contributed by atoms with van der Waals surface area (Å²) in [7, 11) is 1.41. The van der Waals surface area contributed by atoms with Crippen LogP contribution >= 0.6 is 11.8 Å². The average Bonchev–Trinajstić information content (AvgIpc) is 2.64. The summed E-state index contributed by atoms with van der Waals surface area (Å²) in [5.74, 6) is 0.139. The van der Waals surface area contributed by atoms with Crippen LogP contribution < -0.4 is 15.6 Å². The van der Waals surface area contributed by atoms with Crippen LogP contribution in [0.1, 0.15) is 36.8 Å². The lowest BCUT2D eigenvalue weighted by molar-refractivity contribution is -0.385. The van der Waals surface area contributed by atoms with E-state index >= 15 is 0 Å². The highest BCUT2D eigenvalue weighted by atomic mass is 32.2. The van der Waals surface area contributed by atoms with Gasteiger partial charge in [0.1, 0.15) is 11.6 Å². The van der Waals surface area contributed by atoms with Gasteiger partial charge in [0.2, 0.25) is 5.91 Å². The second-order valence-corrected chi connectivity index (χ2v) is 7.05. The van der Waals surface area contributed by atoms with Crippen molar-refractivity contribution < 1.29 is 14.5 Å². The van der Waals surface area contributed by atoms with Gasteiger partial charge in [0, 0.05) is 23.7 Å². The number of H-pyrrole nitrogens is 1. The minimum Gasteiger partial charge on any atom is -0.497 e. The summed E-state index contributed by atoms with van der Waals surface area (Å²) in [5.41, 5.74) is -0.112. The van der Waals surface area contributed by atoms with Crippen LogP contribution in [-0.4, -0.2) is 33.7 Å². The van der Waals surface area contributed by atoms with Gasteiger partial charge in [-0.1, -0.05) is 18.7 Å². The molecule has 27 heavy (non-hydrogen) atoms. The van der Waals surface area contributed by atoms with Gasteiger partial charge in [-0.05, 0) is 18.6 Å². The minimum atomic E-state index is -0.762. The van der Waals surface area contributed by atoms with Crippen LogP contribution in [0.4, 0.5) is 11.5 Å². The molecule has 1 atom stereocenters. The molecule has 2 aromatic rings. The summed E-state index contributed by atoms with van der Waals surface area (Å²) in [5, 5.41) is 14.5. The maximum Gasteiger partial charge on any atom is 0.276 e. The molecule has 9 nitrogen and oxygen atoms in total. The Morgan fingerprint density at radius 2 is 2.19 bits per heavy atom. The SMILES string of the molecule is CCCSc1nc2c(c(=O)[nH]1)C(c1ccc(OC)cc1[N+](=O)[O-])CC(=O)N2. The van der Waals surface area contributed by atoms with Gasteiger partial charge in [-0.15, -0.1) is 0 Å². The van der Waals surface area contributed by atoms with Crippen LogP contribution in [-0.2, 0) is 4.79 Å². The molecule has 1 aliphatic rings. The molecule has 0 aliphatic carbocycles. The highest BCUT2D eigenvalue weighted by Crippen LogP contribution is 2.39. The Kier molecular flexibility index (Phi) is 5.45. The molecular formula is C17H18N4O5S. The average molecular weight is 390 g/mol. The molecule has 0 bridgehead atoms. The molecule has 1 aromatic heterocycles. The summed E-state index contributed by atoms with van der Waals surface area (Å²) in [6.07, 6.45) is 0.824. The molecule has 1 unspecified atom stereocenters. The number of hydrogen-bond acceptors (Lipinski definition) is 7. The lowest BCUT2D eigenvalue weighted by Gasteiger charge is -2.24. The predicted octanol–water partition coefficient (Wildman–Crippen LogP) is 2.66. The molecule has 0 fully saturated rings. The number of rotatable bonds is 6. The number of amides is 1. The van der Waals surface area contributed by atoms with E-state index in [1.165, 1.54) is 31.0 Å². The van der Waals surface area contributed by atoms with E-state index in [1.807, 2.05) is 6.92 Å². The number of nitro benzene ring substituents is 1. The summed E-state index contributed by atoms with van der Waals surface area (Å²) in [6, 6.07) is 4.37. The molecule has 0 radical (unpaired) electrons. The van der Waals surface area contributed by atoms with Gasteiger partial charge < -0.3 is 15.0 Å². The number of methoxy groups -OCH3 is 1. The maximum atomic E-state index is 12.7. The number of benzene rings is 1. The molecule has 0 saturated heterocycles.